The molecule has 2 aliphatic heterocycles. The van der Waals surface area contributed by atoms with Gasteiger partial charge in [-0.1, -0.05) is 18.2 Å². The lowest BCUT2D eigenvalue weighted by Gasteiger charge is -2.05. The molecule has 3 rings (SSSR count). The van der Waals surface area contributed by atoms with Gasteiger partial charge in [-0.15, -0.1) is 0 Å². The highest BCUT2D eigenvalue weighted by atomic mass is 16.6. The second-order valence-electron chi connectivity index (χ2n) is 3.34. The van der Waals surface area contributed by atoms with Gasteiger partial charge in [-0.05, 0) is 11.6 Å². The monoisotopic (exact) mass is 162 g/mol. The molecule has 0 spiro atoms. The van der Waals surface area contributed by atoms with Crippen LogP contribution in [-0.2, 0) is 11.2 Å². The van der Waals surface area contributed by atoms with Crippen LogP contribution in [0, 0.1) is 0 Å². The van der Waals surface area contributed by atoms with Gasteiger partial charge < -0.3 is 9.47 Å². The van der Waals surface area contributed by atoms with Crippen molar-refractivity contribution in [2.45, 2.75) is 18.6 Å². The number of ether oxygens (including phenoxy) is 2. The van der Waals surface area contributed by atoms with Crippen molar-refractivity contribution in [3.63, 3.8) is 0 Å². The molecule has 2 aliphatic rings. The van der Waals surface area contributed by atoms with Crippen LogP contribution < -0.4 is 4.74 Å². The largest absolute Gasteiger partial charge is 0.487 e. The molecule has 2 atom stereocenters. The average Bonchev–Trinajstić information content (AvgIpc) is 2.85. The Labute approximate surface area is 71.1 Å². The van der Waals surface area contributed by atoms with E-state index in [1.165, 1.54) is 5.56 Å². The van der Waals surface area contributed by atoms with Crippen LogP contribution in [0.3, 0.4) is 0 Å². The summed E-state index contributed by atoms with van der Waals surface area (Å²) in [6.45, 7) is 0.874. The minimum atomic E-state index is 0.280. The first kappa shape index (κ1) is 6.49. The van der Waals surface area contributed by atoms with Crippen LogP contribution in [0.5, 0.6) is 5.75 Å². The van der Waals surface area contributed by atoms with E-state index in [9.17, 15) is 0 Å². The fourth-order valence-electron chi connectivity index (χ4n) is 1.69. The van der Waals surface area contributed by atoms with Crippen LogP contribution in [-0.4, -0.2) is 18.8 Å². The van der Waals surface area contributed by atoms with Crippen molar-refractivity contribution in [1.29, 1.82) is 0 Å². The third-order valence-corrected chi connectivity index (χ3v) is 2.45. The van der Waals surface area contributed by atoms with Gasteiger partial charge in [0.25, 0.3) is 0 Å². The lowest BCUT2D eigenvalue weighted by atomic mass is 10.1. The predicted octanol–water partition coefficient (Wildman–Crippen LogP) is 1.39. The Morgan fingerprint density at radius 2 is 2.00 bits per heavy atom. The molecule has 62 valence electrons. The Morgan fingerprint density at radius 1 is 1.17 bits per heavy atom. The normalized spacial score (nSPS) is 31.0. The maximum atomic E-state index is 5.71. The van der Waals surface area contributed by atoms with Crippen LogP contribution in [0.15, 0.2) is 24.3 Å². The molecular formula is C10H10O2. The first-order chi connectivity index (χ1) is 5.93. The number of hydrogen-bond acceptors (Lipinski definition) is 2. The zero-order valence-electron chi connectivity index (χ0n) is 6.69. The molecule has 2 heterocycles. The molecule has 0 N–H and O–H groups in total. The fraction of sp³-hybridized carbons (Fsp3) is 0.400. The predicted molar refractivity (Wildman–Crippen MR) is 44.3 cm³/mol. The molecule has 0 saturated carbocycles. The third kappa shape index (κ3) is 0.916. The van der Waals surface area contributed by atoms with Gasteiger partial charge in [0.05, 0.1) is 6.61 Å². The van der Waals surface area contributed by atoms with Crippen molar-refractivity contribution >= 4 is 0 Å². The summed E-state index contributed by atoms with van der Waals surface area (Å²) in [5.41, 5.74) is 1.32. The van der Waals surface area contributed by atoms with Gasteiger partial charge >= 0.3 is 0 Å². The highest BCUT2D eigenvalue weighted by Crippen LogP contribution is 2.33. The van der Waals surface area contributed by atoms with E-state index in [2.05, 4.69) is 12.1 Å². The maximum Gasteiger partial charge on any atom is 0.131 e. The highest BCUT2D eigenvalue weighted by Gasteiger charge is 2.38. The van der Waals surface area contributed by atoms with Gasteiger partial charge in [-0.3, -0.25) is 0 Å². The summed E-state index contributed by atoms with van der Waals surface area (Å²) in [6.07, 6.45) is 1.65. The van der Waals surface area contributed by atoms with Crippen LogP contribution in [0.1, 0.15) is 5.56 Å². The van der Waals surface area contributed by atoms with Gasteiger partial charge in [0.2, 0.25) is 0 Å². The van der Waals surface area contributed by atoms with Crippen molar-refractivity contribution < 1.29 is 9.47 Å². The molecule has 0 unspecified atom stereocenters. The molecule has 1 aromatic rings. The van der Waals surface area contributed by atoms with E-state index in [4.69, 9.17) is 9.47 Å². The standard InChI is InChI=1S/C10H10O2/c1-2-4-8-7(3-1)5-9(12-8)10-6-11-10/h1-4,9-10H,5-6H2/t9-,10-/m1/s1. The number of epoxide rings is 1. The lowest BCUT2D eigenvalue weighted by molar-refractivity contribution is 0.184. The zero-order chi connectivity index (χ0) is 7.97. The first-order valence-corrected chi connectivity index (χ1v) is 4.29. The van der Waals surface area contributed by atoms with E-state index in [0.717, 1.165) is 18.8 Å². The van der Waals surface area contributed by atoms with Crippen molar-refractivity contribution in [2.75, 3.05) is 6.61 Å². The van der Waals surface area contributed by atoms with Crippen molar-refractivity contribution in [3.05, 3.63) is 29.8 Å². The molecule has 1 fully saturated rings. The Morgan fingerprint density at radius 3 is 2.75 bits per heavy atom. The number of benzene rings is 1. The third-order valence-electron chi connectivity index (χ3n) is 2.45. The number of rotatable bonds is 1. The van der Waals surface area contributed by atoms with Crippen molar-refractivity contribution in [2.24, 2.45) is 0 Å². The molecule has 1 aromatic carbocycles. The summed E-state index contributed by atoms with van der Waals surface area (Å²) in [5, 5.41) is 0. The molecule has 0 radical (unpaired) electrons. The van der Waals surface area contributed by atoms with Crippen molar-refractivity contribution in [3.8, 4) is 5.75 Å². The minimum Gasteiger partial charge on any atom is -0.487 e. The van der Waals surface area contributed by atoms with E-state index in [0.29, 0.717) is 6.10 Å². The number of hydrogen-bond donors (Lipinski definition) is 0. The van der Waals surface area contributed by atoms with Crippen LogP contribution in [0.4, 0.5) is 0 Å². The van der Waals surface area contributed by atoms with Crippen LogP contribution >= 0.6 is 0 Å². The Balaban J connectivity index is 1.89. The Bertz CT molecular complexity index is 279. The quantitative estimate of drug-likeness (QED) is 0.582. The van der Waals surface area contributed by atoms with E-state index < -0.39 is 0 Å². The Hall–Kier alpha value is -1.02. The zero-order valence-corrected chi connectivity index (χ0v) is 6.69. The maximum absolute atomic E-state index is 5.71. The average molecular weight is 162 g/mol. The summed E-state index contributed by atoms with van der Waals surface area (Å²) in [4.78, 5) is 0. The highest BCUT2D eigenvalue weighted by molar-refractivity contribution is 5.37. The van der Waals surface area contributed by atoms with Crippen LogP contribution in [0.25, 0.3) is 0 Å². The van der Waals surface area contributed by atoms with Gasteiger partial charge in [-0.25, -0.2) is 0 Å². The molecule has 2 heteroatoms. The summed E-state index contributed by atoms with van der Waals surface area (Å²) >= 11 is 0. The molecule has 0 aromatic heterocycles. The first-order valence-electron chi connectivity index (χ1n) is 4.29. The van der Waals surface area contributed by atoms with Crippen molar-refractivity contribution in [1.82, 2.24) is 0 Å². The molecule has 2 nitrogen and oxygen atoms in total. The SMILES string of the molecule is c1ccc2c(c1)C[C@H]([C@H]1CO1)O2. The molecule has 12 heavy (non-hydrogen) atoms. The molecule has 1 saturated heterocycles. The smallest absolute Gasteiger partial charge is 0.131 e. The van der Waals surface area contributed by atoms with Gasteiger partial charge in [0.1, 0.15) is 18.0 Å². The van der Waals surface area contributed by atoms with E-state index in [1.807, 2.05) is 12.1 Å². The molecule has 0 amide bonds. The lowest BCUT2D eigenvalue weighted by Crippen LogP contribution is -2.19. The molecule has 0 bridgehead atoms. The summed E-state index contributed by atoms with van der Waals surface area (Å²) in [6, 6.07) is 8.21. The minimum absolute atomic E-state index is 0.280. The van der Waals surface area contributed by atoms with Crippen LogP contribution in [0.2, 0.25) is 0 Å². The molecular weight excluding hydrogens is 152 g/mol. The topological polar surface area (TPSA) is 21.8 Å². The van der Waals surface area contributed by atoms with E-state index in [1.54, 1.807) is 0 Å². The fourth-order valence-corrected chi connectivity index (χ4v) is 1.69. The van der Waals surface area contributed by atoms with Gasteiger partial charge in [-0.2, -0.15) is 0 Å². The van der Waals surface area contributed by atoms with Gasteiger partial charge in [0, 0.05) is 6.42 Å². The number of para-hydroxylation sites is 1. The second kappa shape index (κ2) is 2.23. The van der Waals surface area contributed by atoms with Gasteiger partial charge in [0.15, 0.2) is 0 Å². The summed E-state index contributed by atoms with van der Waals surface area (Å²) < 4.78 is 10.9. The molecule has 0 aliphatic carbocycles. The Kier molecular flexibility index (Phi) is 1.21. The van der Waals surface area contributed by atoms with E-state index in [-0.39, 0.29) is 6.10 Å². The number of fused-ring (bicyclic) bond motifs is 1. The van der Waals surface area contributed by atoms with E-state index >= 15 is 0 Å². The second-order valence-corrected chi connectivity index (χ2v) is 3.34. The summed E-state index contributed by atoms with van der Waals surface area (Å²) in [5.74, 6) is 1.04. The summed E-state index contributed by atoms with van der Waals surface area (Å²) in [7, 11) is 0.